The van der Waals surface area contributed by atoms with Gasteiger partial charge >= 0.3 is 0 Å². The Balaban J connectivity index is 2.28. The van der Waals surface area contributed by atoms with Crippen LogP contribution in [0.5, 0.6) is 0 Å². The van der Waals surface area contributed by atoms with E-state index in [0.717, 1.165) is 10.3 Å². The third-order valence-electron chi connectivity index (χ3n) is 2.66. The Hall–Kier alpha value is -0.580. The van der Waals surface area contributed by atoms with E-state index in [1.54, 1.807) is 17.5 Å². The van der Waals surface area contributed by atoms with Crippen molar-refractivity contribution in [3.05, 3.63) is 44.1 Å². The van der Waals surface area contributed by atoms with Gasteiger partial charge in [-0.05, 0) is 40.4 Å². The third-order valence-corrected chi connectivity index (χ3v) is 4.49. The van der Waals surface area contributed by atoms with E-state index in [9.17, 15) is 0 Å². The van der Waals surface area contributed by atoms with Gasteiger partial charge in [-0.15, -0.1) is 11.3 Å². The SMILES string of the molecule is CC(c1cccs1)N(C)c1ncc(Cl)cc1Br. The van der Waals surface area contributed by atoms with Crippen LogP contribution in [0.3, 0.4) is 0 Å². The number of hydrogen-bond donors (Lipinski definition) is 0. The summed E-state index contributed by atoms with van der Waals surface area (Å²) in [5.41, 5.74) is 0. The Morgan fingerprint density at radius 3 is 2.88 bits per heavy atom. The monoisotopic (exact) mass is 330 g/mol. The van der Waals surface area contributed by atoms with Gasteiger partial charge in [-0.2, -0.15) is 0 Å². The molecule has 2 aromatic heterocycles. The highest BCUT2D eigenvalue weighted by Gasteiger charge is 2.16. The van der Waals surface area contributed by atoms with Gasteiger partial charge in [0.25, 0.3) is 0 Å². The summed E-state index contributed by atoms with van der Waals surface area (Å²) in [6.07, 6.45) is 1.67. The first-order chi connectivity index (χ1) is 8.09. The summed E-state index contributed by atoms with van der Waals surface area (Å²) in [5, 5.41) is 2.72. The fourth-order valence-corrected chi connectivity index (χ4v) is 3.32. The van der Waals surface area contributed by atoms with Crippen molar-refractivity contribution < 1.29 is 0 Å². The second-order valence-electron chi connectivity index (χ2n) is 3.76. The maximum absolute atomic E-state index is 5.89. The normalized spacial score (nSPS) is 12.5. The molecule has 0 N–H and O–H groups in total. The average molecular weight is 332 g/mol. The molecule has 17 heavy (non-hydrogen) atoms. The number of rotatable bonds is 3. The predicted molar refractivity (Wildman–Crippen MR) is 78.1 cm³/mol. The molecule has 0 saturated carbocycles. The van der Waals surface area contributed by atoms with Gasteiger partial charge < -0.3 is 4.90 Å². The molecule has 0 amide bonds. The van der Waals surface area contributed by atoms with Gasteiger partial charge in [0.1, 0.15) is 5.82 Å². The number of anilines is 1. The smallest absolute Gasteiger partial charge is 0.143 e. The van der Waals surface area contributed by atoms with Crippen LogP contribution in [0.15, 0.2) is 34.2 Å². The standard InChI is InChI=1S/C12H12BrClN2S/c1-8(11-4-3-5-17-11)16(2)12-10(13)6-9(14)7-15-12/h3-8H,1-2H3. The van der Waals surface area contributed by atoms with Crippen LogP contribution in [0.1, 0.15) is 17.8 Å². The lowest BCUT2D eigenvalue weighted by Gasteiger charge is -2.26. The zero-order valence-corrected chi connectivity index (χ0v) is 12.7. The fourth-order valence-electron chi connectivity index (χ4n) is 1.57. The number of aromatic nitrogens is 1. The molecule has 0 bridgehead atoms. The number of hydrogen-bond acceptors (Lipinski definition) is 3. The lowest BCUT2D eigenvalue weighted by molar-refractivity contribution is 0.740. The van der Waals surface area contributed by atoms with Crippen molar-refractivity contribution in [1.82, 2.24) is 4.98 Å². The van der Waals surface area contributed by atoms with Crippen molar-refractivity contribution in [2.24, 2.45) is 0 Å². The van der Waals surface area contributed by atoms with Gasteiger partial charge in [0.2, 0.25) is 0 Å². The Bertz CT molecular complexity index is 501. The van der Waals surface area contributed by atoms with E-state index in [-0.39, 0.29) is 0 Å². The van der Waals surface area contributed by atoms with Crippen LogP contribution in [0.2, 0.25) is 5.02 Å². The second-order valence-corrected chi connectivity index (χ2v) is 6.03. The molecule has 0 aliphatic carbocycles. The van der Waals surface area contributed by atoms with Crippen LogP contribution < -0.4 is 4.90 Å². The molecule has 90 valence electrons. The highest BCUT2D eigenvalue weighted by molar-refractivity contribution is 9.10. The minimum atomic E-state index is 0.292. The molecule has 0 saturated heterocycles. The van der Waals surface area contributed by atoms with Crippen molar-refractivity contribution in [1.29, 1.82) is 0 Å². The molecule has 0 radical (unpaired) electrons. The molecule has 0 spiro atoms. The maximum atomic E-state index is 5.89. The Labute approximate surface area is 118 Å². The van der Waals surface area contributed by atoms with Crippen LogP contribution in [-0.4, -0.2) is 12.0 Å². The average Bonchev–Trinajstić information content (AvgIpc) is 2.80. The molecule has 5 heteroatoms. The van der Waals surface area contributed by atoms with E-state index < -0.39 is 0 Å². The molecule has 2 heterocycles. The van der Waals surface area contributed by atoms with Gasteiger partial charge in [-0.3, -0.25) is 0 Å². The summed E-state index contributed by atoms with van der Waals surface area (Å²) < 4.78 is 0.913. The van der Waals surface area contributed by atoms with Crippen LogP contribution in [0.25, 0.3) is 0 Å². The lowest BCUT2D eigenvalue weighted by Crippen LogP contribution is -2.22. The highest BCUT2D eigenvalue weighted by Crippen LogP contribution is 2.32. The molecule has 2 nitrogen and oxygen atoms in total. The number of pyridine rings is 1. The first kappa shape index (κ1) is 12.9. The third kappa shape index (κ3) is 2.81. The molecular weight excluding hydrogens is 320 g/mol. The van der Waals surface area contributed by atoms with Crippen molar-refractivity contribution in [3.63, 3.8) is 0 Å². The Morgan fingerprint density at radius 2 is 2.29 bits per heavy atom. The van der Waals surface area contributed by atoms with Gasteiger partial charge in [-0.25, -0.2) is 4.98 Å². The van der Waals surface area contributed by atoms with Crippen LogP contribution in [0, 0.1) is 0 Å². The quantitative estimate of drug-likeness (QED) is 0.806. The number of thiophene rings is 1. The Morgan fingerprint density at radius 1 is 1.53 bits per heavy atom. The van der Waals surface area contributed by atoms with E-state index in [1.165, 1.54) is 4.88 Å². The van der Waals surface area contributed by atoms with Crippen molar-refractivity contribution in [2.45, 2.75) is 13.0 Å². The molecule has 0 aliphatic heterocycles. The molecule has 2 aromatic rings. The lowest BCUT2D eigenvalue weighted by atomic mass is 10.2. The van der Waals surface area contributed by atoms with Gasteiger partial charge in [0.05, 0.1) is 15.5 Å². The maximum Gasteiger partial charge on any atom is 0.143 e. The summed E-state index contributed by atoms with van der Waals surface area (Å²) in [7, 11) is 2.03. The topological polar surface area (TPSA) is 16.1 Å². The molecule has 2 rings (SSSR count). The van der Waals surface area contributed by atoms with Gasteiger partial charge in [0, 0.05) is 18.1 Å². The summed E-state index contributed by atoms with van der Waals surface area (Å²) in [6.45, 7) is 2.16. The molecule has 0 aromatic carbocycles. The Kier molecular flexibility index (Phi) is 4.07. The molecule has 1 atom stereocenters. The molecule has 0 fully saturated rings. The number of halogens is 2. The van der Waals surface area contributed by atoms with Gasteiger partial charge in [-0.1, -0.05) is 17.7 Å². The first-order valence-electron chi connectivity index (χ1n) is 5.17. The number of nitrogens with zero attached hydrogens (tertiary/aromatic N) is 2. The van der Waals surface area contributed by atoms with Crippen LogP contribution in [-0.2, 0) is 0 Å². The van der Waals surface area contributed by atoms with E-state index in [1.807, 2.05) is 13.1 Å². The summed E-state index contributed by atoms with van der Waals surface area (Å²) in [6, 6.07) is 6.35. The molecule has 0 aliphatic rings. The van der Waals surface area contributed by atoms with E-state index in [2.05, 4.69) is 50.3 Å². The summed E-state index contributed by atoms with van der Waals surface area (Å²) in [4.78, 5) is 7.81. The zero-order chi connectivity index (χ0) is 12.4. The zero-order valence-electron chi connectivity index (χ0n) is 9.52. The first-order valence-corrected chi connectivity index (χ1v) is 7.22. The second kappa shape index (κ2) is 5.38. The molecular formula is C12H12BrClN2S. The van der Waals surface area contributed by atoms with Crippen molar-refractivity contribution in [2.75, 3.05) is 11.9 Å². The van der Waals surface area contributed by atoms with Crippen LogP contribution >= 0.6 is 38.9 Å². The van der Waals surface area contributed by atoms with Crippen LogP contribution in [0.4, 0.5) is 5.82 Å². The van der Waals surface area contributed by atoms with Crippen molar-refractivity contribution in [3.8, 4) is 0 Å². The summed E-state index contributed by atoms with van der Waals surface area (Å²) >= 11 is 11.1. The largest absolute Gasteiger partial charge is 0.351 e. The van der Waals surface area contributed by atoms with E-state index in [4.69, 9.17) is 11.6 Å². The van der Waals surface area contributed by atoms with E-state index in [0.29, 0.717) is 11.1 Å². The highest BCUT2D eigenvalue weighted by atomic mass is 79.9. The molecule has 1 unspecified atom stereocenters. The van der Waals surface area contributed by atoms with Gasteiger partial charge in [0.15, 0.2) is 0 Å². The minimum absolute atomic E-state index is 0.292. The fraction of sp³-hybridized carbons (Fsp3) is 0.250. The summed E-state index contributed by atoms with van der Waals surface area (Å²) in [5.74, 6) is 0.898. The van der Waals surface area contributed by atoms with Crippen molar-refractivity contribution >= 4 is 44.7 Å². The predicted octanol–water partition coefficient (Wildman–Crippen LogP) is 4.76. The van der Waals surface area contributed by atoms with E-state index >= 15 is 0 Å². The minimum Gasteiger partial charge on any atom is -0.351 e.